The summed E-state index contributed by atoms with van der Waals surface area (Å²) >= 11 is 3.41. The van der Waals surface area contributed by atoms with E-state index in [9.17, 15) is 5.11 Å². The topological polar surface area (TPSA) is 53.2 Å². The Morgan fingerprint density at radius 3 is 2.62 bits per heavy atom. The van der Waals surface area contributed by atoms with Crippen molar-refractivity contribution in [2.45, 2.75) is 12.7 Å². The van der Waals surface area contributed by atoms with Gasteiger partial charge in [-0.2, -0.15) is 5.26 Å². The molecule has 0 bridgehead atoms. The van der Waals surface area contributed by atoms with Gasteiger partial charge in [-0.3, -0.25) is 0 Å². The predicted octanol–water partition coefficient (Wildman–Crippen LogP) is 4.14. The van der Waals surface area contributed by atoms with Crippen molar-refractivity contribution in [3.05, 3.63) is 76.3 Å². The monoisotopic (exact) mass is 343 g/mol. The first-order valence-electron chi connectivity index (χ1n) is 6.35. The van der Waals surface area contributed by atoms with Gasteiger partial charge in [0.2, 0.25) is 0 Å². The molecule has 0 aliphatic rings. The molecular formula is C17H14BrNO2. The SMILES string of the molecule is C=C(C#N)C(O)c1ccc(OCc2ccccc2)c(Br)c1. The van der Waals surface area contributed by atoms with Crippen molar-refractivity contribution in [3.8, 4) is 11.8 Å². The number of halogens is 1. The number of nitrogens with zero attached hydrogens (tertiary/aromatic N) is 1. The van der Waals surface area contributed by atoms with Crippen molar-refractivity contribution < 1.29 is 9.84 Å². The average molecular weight is 344 g/mol. The lowest BCUT2D eigenvalue weighted by atomic mass is 10.0. The summed E-state index contributed by atoms with van der Waals surface area (Å²) in [5, 5.41) is 18.7. The minimum Gasteiger partial charge on any atom is -0.488 e. The van der Waals surface area contributed by atoms with Gasteiger partial charge in [0.25, 0.3) is 0 Å². The maximum Gasteiger partial charge on any atom is 0.134 e. The van der Waals surface area contributed by atoms with Crippen LogP contribution in [0.3, 0.4) is 0 Å². The van der Waals surface area contributed by atoms with Gasteiger partial charge in [-0.05, 0) is 39.2 Å². The standard InChI is InChI=1S/C17H14BrNO2/c1-12(10-19)17(20)14-7-8-16(15(18)9-14)21-11-13-5-3-2-4-6-13/h2-9,17,20H,1,11H2. The highest BCUT2D eigenvalue weighted by Crippen LogP contribution is 2.30. The molecule has 0 spiro atoms. The summed E-state index contributed by atoms with van der Waals surface area (Å²) in [7, 11) is 0. The van der Waals surface area contributed by atoms with Crippen LogP contribution in [0.15, 0.2) is 65.2 Å². The van der Waals surface area contributed by atoms with Gasteiger partial charge in [-0.25, -0.2) is 0 Å². The first-order chi connectivity index (χ1) is 10.1. The van der Waals surface area contributed by atoms with Crippen LogP contribution in [-0.2, 0) is 6.61 Å². The van der Waals surface area contributed by atoms with Crippen molar-refractivity contribution in [1.82, 2.24) is 0 Å². The van der Waals surface area contributed by atoms with Crippen molar-refractivity contribution in [2.75, 3.05) is 0 Å². The van der Waals surface area contributed by atoms with Gasteiger partial charge in [0.15, 0.2) is 0 Å². The van der Waals surface area contributed by atoms with Crippen LogP contribution in [0.5, 0.6) is 5.75 Å². The third-order valence-electron chi connectivity index (χ3n) is 2.98. The molecule has 2 rings (SSSR count). The van der Waals surface area contributed by atoms with E-state index in [0.29, 0.717) is 17.9 Å². The van der Waals surface area contributed by atoms with Crippen LogP contribution >= 0.6 is 15.9 Å². The fourth-order valence-electron chi connectivity index (χ4n) is 1.80. The minimum absolute atomic E-state index is 0.111. The van der Waals surface area contributed by atoms with E-state index in [1.807, 2.05) is 36.4 Å². The quantitative estimate of drug-likeness (QED) is 0.830. The van der Waals surface area contributed by atoms with Crippen molar-refractivity contribution in [3.63, 3.8) is 0 Å². The maximum absolute atomic E-state index is 9.93. The second kappa shape index (κ2) is 7.07. The van der Waals surface area contributed by atoms with Crippen LogP contribution in [0.25, 0.3) is 0 Å². The van der Waals surface area contributed by atoms with Gasteiger partial charge in [-0.15, -0.1) is 0 Å². The molecule has 0 radical (unpaired) electrons. The van der Waals surface area contributed by atoms with Gasteiger partial charge >= 0.3 is 0 Å². The zero-order chi connectivity index (χ0) is 15.2. The molecule has 0 heterocycles. The number of hydrogen-bond donors (Lipinski definition) is 1. The Labute approximate surface area is 132 Å². The van der Waals surface area contributed by atoms with Gasteiger partial charge in [-0.1, -0.05) is 43.0 Å². The highest BCUT2D eigenvalue weighted by molar-refractivity contribution is 9.10. The van der Waals surface area contributed by atoms with Crippen LogP contribution in [0, 0.1) is 11.3 Å². The van der Waals surface area contributed by atoms with E-state index in [-0.39, 0.29) is 5.57 Å². The minimum atomic E-state index is -0.991. The van der Waals surface area contributed by atoms with Crippen LogP contribution in [0.4, 0.5) is 0 Å². The molecule has 0 amide bonds. The Balaban J connectivity index is 2.09. The van der Waals surface area contributed by atoms with Crippen LogP contribution in [0.2, 0.25) is 0 Å². The fraction of sp³-hybridized carbons (Fsp3) is 0.118. The summed E-state index contributed by atoms with van der Waals surface area (Å²) in [5.41, 5.74) is 1.78. The molecule has 1 unspecified atom stereocenters. The maximum atomic E-state index is 9.93. The molecule has 1 N–H and O–H groups in total. The predicted molar refractivity (Wildman–Crippen MR) is 84.6 cm³/mol. The zero-order valence-corrected chi connectivity index (χ0v) is 12.9. The number of hydrogen-bond acceptors (Lipinski definition) is 3. The molecular weight excluding hydrogens is 330 g/mol. The molecule has 4 heteroatoms. The summed E-state index contributed by atoms with van der Waals surface area (Å²) in [6.45, 7) is 3.98. The van der Waals surface area contributed by atoms with Gasteiger partial charge in [0, 0.05) is 0 Å². The number of benzene rings is 2. The molecule has 2 aromatic rings. The molecule has 0 aliphatic carbocycles. The zero-order valence-electron chi connectivity index (χ0n) is 11.3. The Morgan fingerprint density at radius 1 is 1.29 bits per heavy atom. The third kappa shape index (κ3) is 3.94. The number of nitriles is 1. The number of aliphatic hydroxyl groups is 1. The summed E-state index contributed by atoms with van der Waals surface area (Å²) in [4.78, 5) is 0. The molecule has 2 aromatic carbocycles. The normalized spacial score (nSPS) is 11.5. The lowest BCUT2D eigenvalue weighted by molar-refractivity contribution is 0.220. The van der Waals surface area contributed by atoms with E-state index in [4.69, 9.17) is 10.00 Å². The molecule has 0 saturated carbocycles. The lowest BCUT2D eigenvalue weighted by Crippen LogP contribution is -2.00. The van der Waals surface area contributed by atoms with Crippen LogP contribution in [-0.4, -0.2) is 5.11 Å². The smallest absolute Gasteiger partial charge is 0.134 e. The highest BCUT2D eigenvalue weighted by atomic mass is 79.9. The summed E-state index contributed by atoms with van der Waals surface area (Å²) in [6, 6.07) is 16.9. The van der Waals surface area contributed by atoms with Gasteiger partial charge in [0.05, 0.1) is 16.1 Å². The van der Waals surface area contributed by atoms with E-state index in [1.165, 1.54) is 0 Å². The number of rotatable bonds is 5. The molecule has 0 aromatic heterocycles. The summed E-state index contributed by atoms with van der Waals surface area (Å²) < 4.78 is 6.45. The van der Waals surface area contributed by atoms with E-state index in [1.54, 1.807) is 18.2 Å². The molecule has 0 saturated heterocycles. The first kappa shape index (κ1) is 15.3. The highest BCUT2D eigenvalue weighted by Gasteiger charge is 2.13. The molecule has 0 aliphatic heterocycles. The number of ether oxygens (including phenoxy) is 1. The van der Waals surface area contributed by atoms with Crippen molar-refractivity contribution in [1.29, 1.82) is 5.26 Å². The van der Waals surface area contributed by atoms with Crippen molar-refractivity contribution in [2.24, 2.45) is 0 Å². The van der Waals surface area contributed by atoms with Crippen molar-refractivity contribution >= 4 is 15.9 Å². The Hall–Kier alpha value is -2.09. The van der Waals surface area contributed by atoms with E-state index < -0.39 is 6.10 Å². The molecule has 3 nitrogen and oxygen atoms in total. The van der Waals surface area contributed by atoms with Crippen LogP contribution < -0.4 is 4.74 Å². The van der Waals surface area contributed by atoms with Gasteiger partial charge in [0.1, 0.15) is 18.5 Å². The second-order valence-electron chi connectivity index (χ2n) is 4.50. The average Bonchev–Trinajstić information content (AvgIpc) is 2.53. The first-order valence-corrected chi connectivity index (χ1v) is 7.14. The Bertz CT molecular complexity index is 677. The molecule has 1 atom stereocenters. The summed E-state index contributed by atoms with van der Waals surface area (Å²) in [6.07, 6.45) is -0.991. The van der Waals surface area contributed by atoms with E-state index >= 15 is 0 Å². The molecule has 21 heavy (non-hydrogen) atoms. The third-order valence-corrected chi connectivity index (χ3v) is 3.60. The molecule has 0 fully saturated rings. The van der Waals surface area contributed by atoms with E-state index in [2.05, 4.69) is 22.5 Å². The largest absolute Gasteiger partial charge is 0.488 e. The van der Waals surface area contributed by atoms with Gasteiger partial charge < -0.3 is 9.84 Å². The molecule has 106 valence electrons. The second-order valence-corrected chi connectivity index (χ2v) is 5.36. The Morgan fingerprint density at radius 2 is 2.00 bits per heavy atom. The Kier molecular flexibility index (Phi) is 5.15. The van der Waals surface area contributed by atoms with Crippen LogP contribution in [0.1, 0.15) is 17.2 Å². The number of aliphatic hydroxyl groups excluding tert-OH is 1. The van der Waals surface area contributed by atoms with E-state index in [0.717, 1.165) is 10.0 Å². The lowest BCUT2D eigenvalue weighted by Gasteiger charge is -2.12. The fourth-order valence-corrected chi connectivity index (χ4v) is 2.31. The summed E-state index contributed by atoms with van der Waals surface area (Å²) in [5.74, 6) is 0.678.